The molecule has 0 saturated carbocycles. The van der Waals surface area contributed by atoms with E-state index in [0.29, 0.717) is 0 Å². The van der Waals surface area contributed by atoms with E-state index in [2.05, 4.69) is 96.7 Å². The van der Waals surface area contributed by atoms with Crippen molar-refractivity contribution in [2.24, 2.45) is 11.5 Å². The molecule has 1 heterocycles. The predicted molar refractivity (Wildman–Crippen MR) is 156 cm³/mol. The van der Waals surface area contributed by atoms with Crippen molar-refractivity contribution in [2.75, 3.05) is 13.1 Å². The number of aryl methyl sites for hydroxylation is 2. The van der Waals surface area contributed by atoms with Crippen molar-refractivity contribution in [3.8, 4) is 33.4 Å². The van der Waals surface area contributed by atoms with Gasteiger partial charge in [0, 0.05) is 9.79 Å². The van der Waals surface area contributed by atoms with Crippen LogP contribution in [0.1, 0.15) is 24.0 Å². The second-order valence-corrected chi connectivity index (χ2v) is 12.1. The van der Waals surface area contributed by atoms with Crippen LogP contribution in [0, 0.1) is 0 Å². The van der Waals surface area contributed by atoms with Crippen molar-refractivity contribution in [1.82, 2.24) is 0 Å². The molecule has 5 rings (SSSR count). The molecule has 4 aromatic carbocycles. The summed E-state index contributed by atoms with van der Waals surface area (Å²) in [4.78, 5) is 2.54. The van der Waals surface area contributed by atoms with E-state index in [4.69, 9.17) is 11.5 Å². The highest BCUT2D eigenvalue weighted by Crippen LogP contribution is 2.57. The maximum Gasteiger partial charge on any atom is 0.00813 e. The lowest BCUT2D eigenvalue weighted by Gasteiger charge is -2.11. The minimum atomic E-state index is -1.53. The van der Waals surface area contributed by atoms with E-state index in [1.165, 1.54) is 54.3 Å². The molecule has 0 atom stereocenters. The Morgan fingerprint density at radius 3 is 1.40 bits per heavy atom. The second-order valence-electron chi connectivity index (χ2n) is 9.49. The molecule has 0 amide bonds. The molecule has 0 fully saturated rings. The molecule has 4 aromatic rings. The molecule has 1 aliphatic rings. The molecule has 3 heteroatoms. The normalized spacial score (nSPS) is 13.4. The van der Waals surface area contributed by atoms with Gasteiger partial charge in [-0.25, -0.2) is 0 Å². The third-order valence-corrected chi connectivity index (χ3v) is 9.35. The van der Waals surface area contributed by atoms with Crippen molar-refractivity contribution in [2.45, 2.75) is 35.5 Å². The zero-order chi connectivity index (χ0) is 24.4. The molecule has 0 aromatic heterocycles. The predicted octanol–water partition coefficient (Wildman–Crippen LogP) is 6.87. The Balaban J connectivity index is 1.57. The topological polar surface area (TPSA) is 52.0 Å². The lowest BCUT2D eigenvalue weighted by Crippen LogP contribution is -2.00. The van der Waals surface area contributed by atoms with Gasteiger partial charge in [0.1, 0.15) is 0 Å². The fourth-order valence-electron chi connectivity index (χ4n) is 5.07. The van der Waals surface area contributed by atoms with Gasteiger partial charge in [-0.3, -0.25) is 0 Å². The summed E-state index contributed by atoms with van der Waals surface area (Å²) in [7, 11) is -1.53. The van der Waals surface area contributed by atoms with E-state index < -0.39 is 9.21 Å². The summed E-state index contributed by atoms with van der Waals surface area (Å²) in [6, 6.07) is 31.3. The molecule has 0 spiro atoms. The van der Waals surface area contributed by atoms with E-state index in [9.17, 15) is 0 Å². The molecule has 0 aliphatic carbocycles. The Hall–Kier alpha value is -3.11. The SMILES string of the molecule is C=S1(=C)c2ccc(-c3cccc(CCCN)c3)cc2-c2cc(-c3cccc(CCCN)c3)ccc21. The first kappa shape index (κ1) is 23.6. The number of rotatable bonds is 8. The maximum absolute atomic E-state index is 5.73. The molecule has 4 N–H and O–H groups in total. The summed E-state index contributed by atoms with van der Waals surface area (Å²) in [5.74, 6) is 9.20. The summed E-state index contributed by atoms with van der Waals surface area (Å²) in [6.45, 7) is 1.44. The fourth-order valence-corrected chi connectivity index (χ4v) is 7.14. The number of benzene rings is 4. The highest BCUT2D eigenvalue weighted by Gasteiger charge is 2.25. The largest absolute Gasteiger partial charge is 0.330 e. The number of nitrogens with two attached hydrogens (primary N) is 2. The van der Waals surface area contributed by atoms with Crippen LogP contribution in [0.15, 0.2) is 94.7 Å². The van der Waals surface area contributed by atoms with Crippen LogP contribution < -0.4 is 11.5 Å². The lowest BCUT2D eigenvalue weighted by atomic mass is 9.94. The summed E-state index contributed by atoms with van der Waals surface area (Å²) in [5, 5.41) is 0. The van der Waals surface area contributed by atoms with Crippen LogP contribution in [-0.4, -0.2) is 24.8 Å². The smallest absolute Gasteiger partial charge is 0.00813 e. The van der Waals surface area contributed by atoms with Crippen molar-refractivity contribution in [3.05, 3.63) is 96.1 Å². The first-order valence-electron chi connectivity index (χ1n) is 12.4. The van der Waals surface area contributed by atoms with Gasteiger partial charge in [0.05, 0.1) is 0 Å². The Morgan fingerprint density at radius 2 is 0.971 bits per heavy atom. The molecule has 35 heavy (non-hydrogen) atoms. The first-order valence-corrected chi connectivity index (χ1v) is 14.3. The van der Waals surface area contributed by atoms with E-state index in [1.54, 1.807) is 0 Å². The van der Waals surface area contributed by atoms with Gasteiger partial charge in [-0.05, 0) is 108 Å². The van der Waals surface area contributed by atoms with Crippen LogP contribution in [0.2, 0.25) is 0 Å². The molecule has 178 valence electrons. The van der Waals surface area contributed by atoms with Gasteiger partial charge < -0.3 is 11.5 Å². The van der Waals surface area contributed by atoms with Crippen LogP contribution in [0.3, 0.4) is 0 Å². The van der Waals surface area contributed by atoms with Crippen LogP contribution in [0.5, 0.6) is 0 Å². The van der Waals surface area contributed by atoms with E-state index in [-0.39, 0.29) is 0 Å². The summed E-state index contributed by atoms with van der Waals surface area (Å²) < 4.78 is 0. The minimum absolute atomic E-state index is 0.718. The van der Waals surface area contributed by atoms with E-state index in [0.717, 1.165) is 38.8 Å². The van der Waals surface area contributed by atoms with Gasteiger partial charge in [-0.1, -0.05) is 72.4 Å². The Kier molecular flexibility index (Phi) is 6.66. The van der Waals surface area contributed by atoms with Gasteiger partial charge in [0.2, 0.25) is 0 Å². The van der Waals surface area contributed by atoms with Crippen molar-refractivity contribution in [1.29, 1.82) is 0 Å². The number of fused-ring (bicyclic) bond motifs is 3. The zero-order valence-electron chi connectivity index (χ0n) is 20.3. The monoisotopic (exact) mass is 478 g/mol. The van der Waals surface area contributed by atoms with Crippen molar-refractivity contribution >= 4 is 20.9 Å². The van der Waals surface area contributed by atoms with Crippen LogP contribution >= 0.6 is 9.21 Å². The average Bonchev–Trinajstić information content (AvgIpc) is 3.12. The fraction of sp³-hybridized carbons (Fsp3) is 0.188. The molecule has 0 saturated heterocycles. The molecular formula is C32H34N2S. The van der Waals surface area contributed by atoms with Gasteiger partial charge in [-0.15, -0.1) is 0 Å². The van der Waals surface area contributed by atoms with Crippen LogP contribution in [-0.2, 0) is 12.8 Å². The minimum Gasteiger partial charge on any atom is -0.330 e. The third-order valence-electron chi connectivity index (χ3n) is 6.95. The highest BCUT2D eigenvalue weighted by atomic mass is 32.2. The molecular weight excluding hydrogens is 444 g/mol. The molecule has 2 nitrogen and oxygen atoms in total. The van der Waals surface area contributed by atoms with Crippen molar-refractivity contribution < 1.29 is 0 Å². The quantitative estimate of drug-likeness (QED) is 0.239. The van der Waals surface area contributed by atoms with Gasteiger partial charge in [0.25, 0.3) is 0 Å². The molecule has 1 aliphatic heterocycles. The van der Waals surface area contributed by atoms with Gasteiger partial charge in [-0.2, -0.15) is 9.21 Å². The van der Waals surface area contributed by atoms with Crippen LogP contribution in [0.4, 0.5) is 0 Å². The summed E-state index contributed by atoms with van der Waals surface area (Å²) >= 11 is 0. The third kappa shape index (κ3) is 4.60. The van der Waals surface area contributed by atoms with E-state index in [1.807, 2.05) is 0 Å². The lowest BCUT2D eigenvalue weighted by molar-refractivity contribution is 0.833. The van der Waals surface area contributed by atoms with Crippen molar-refractivity contribution in [3.63, 3.8) is 0 Å². The average molecular weight is 479 g/mol. The maximum atomic E-state index is 5.73. The molecule has 0 unspecified atom stereocenters. The Labute approximate surface area is 210 Å². The Morgan fingerprint density at radius 1 is 0.543 bits per heavy atom. The summed E-state index contributed by atoms with van der Waals surface area (Å²) in [5.41, 5.74) is 21.6. The summed E-state index contributed by atoms with van der Waals surface area (Å²) in [6.07, 6.45) is 4.03. The second kappa shape index (κ2) is 9.87. The first-order chi connectivity index (χ1) is 17.0. The standard InChI is InChI=1S/C32H34N2S/c1-35(2)31-15-13-27(25-11-3-7-23(19-25)9-5-17-33)21-29(31)30-22-28(14-16-32(30)35)26-12-4-8-24(20-26)10-6-18-34/h3-4,7-8,11-16,19-22H,1-2,5-6,9-10,17-18,33-34H2. The zero-order valence-corrected chi connectivity index (χ0v) is 21.1. The molecule has 0 radical (unpaired) electrons. The molecule has 0 bridgehead atoms. The van der Waals surface area contributed by atoms with Gasteiger partial charge >= 0.3 is 0 Å². The van der Waals surface area contributed by atoms with Crippen LogP contribution in [0.25, 0.3) is 33.4 Å². The highest BCUT2D eigenvalue weighted by molar-refractivity contribution is 8.28. The van der Waals surface area contributed by atoms with Gasteiger partial charge in [0.15, 0.2) is 0 Å². The number of hydrogen-bond acceptors (Lipinski definition) is 2. The number of hydrogen-bond donors (Lipinski definition) is 2. The van der Waals surface area contributed by atoms with E-state index >= 15 is 0 Å². The Bertz CT molecular complexity index is 1370.